The molecule has 0 spiro atoms. The van der Waals surface area contributed by atoms with Crippen LogP contribution in [0.1, 0.15) is 37.9 Å². The number of hydrogen-bond donors (Lipinski definition) is 0. The van der Waals surface area contributed by atoms with E-state index in [0.717, 1.165) is 28.0 Å². The lowest BCUT2D eigenvalue weighted by Gasteiger charge is -2.20. The summed E-state index contributed by atoms with van der Waals surface area (Å²) in [5, 5.41) is 1.12. The molecule has 3 rings (SSSR count). The summed E-state index contributed by atoms with van der Waals surface area (Å²) < 4.78 is 0. The lowest BCUT2D eigenvalue weighted by molar-refractivity contribution is 0.573. The first-order valence-corrected chi connectivity index (χ1v) is 7.39. The van der Waals surface area contributed by atoms with Crippen LogP contribution >= 0.6 is 0 Å². The Labute approximate surface area is 130 Å². The van der Waals surface area contributed by atoms with Crippen LogP contribution in [-0.4, -0.2) is 15.0 Å². The second-order valence-corrected chi connectivity index (χ2v) is 6.32. The zero-order valence-corrected chi connectivity index (χ0v) is 13.1. The summed E-state index contributed by atoms with van der Waals surface area (Å²) in [6, 6.07) is 12.1. The minimum Gasteiger partial charge on any atom is -0.264 e. The SMILES string of the molecule is CC(C)(C)c1nc(/C=C/c2cccnc2)nc2ccccc12. The minimum atomic E-state index is -0.0283. The molecule has 3 nitrogen and oxygen atoms in total. The molecule has 0 radical (unpaired) electrons. The van der Waals surface area contributed by atoms with Gasteiger partial charge in [-0.3, -0.25) is 4.98 Å². The van der Waals surface area contributed by atoms with Gasteiger partial charge in [-0.15, -0.1) is 0 Å². The van der Waals surface area contributed by atoms with Gasteiger partial charge in [0.2, 0.25) is 0 Å². The van der Waals surface area contributed by atoms with Gasteiger partial charge in [-0.1, -0.05) is 45.0 Å². The number of aromatic nitrogens is 3. The Morgan fingerprint density at radius 3 is 2.45 bits per heavy atom. The zero-order chi connectivity index (χ0) is 15.6. The number of para-hydroxylation sites is 1. The van der Waals surface area contributed by atoms with Gasteiger partial charge in [0.1, 0.15) is 0 Å². The Kier molecular flexibility index (Phi) is 3.72. The fourth-order valence-corrected chi connectivity index (χ4v) is 2.39. The highest BCUT2D eigenvalue weighted by Crippen LogP contribution is 2.27. The van der Waals surface area contributed by atoms with Crippen molar-refractivity contribution in [2.75, 3.05) is 0 Å². The van der Waals surface area contributed by atoms with E-state index in [1.54, 1.807) is 6.20 Å². The molecule has 0 saturated carbocycles. The quantitative estimate of drug-likeness (QED) is 0.697. The fourth-order valence-electron chi connectivity index (χ4n) is 2.39. The van der Waals surface area contributed by atoms with E-state index < -0.39 is 0 Å². The van der Waals surface area contributed by atoms with Gasteiger partial charge < -0.3 is 0 Å². The van der Waals surface area contributed by atoms with Crippen molar-refractivity contribution in [1.29, 1.82) is 0 Å². The molecule has 0 fully saturated rings. The molecule has 0 amide bonds. The molecule has 0 atom stereocenters. The van der Waals surface area contributed by atoms with Crippen LogP contribution in [0.5, 0.6) is 0 Å². The molecule has 2 aromatic heterocycles. The molecule has 0 aliphatic heterocycles. The third-order valence-electron chi connectivity index (χ3n) is 3.44. The summed E-state index contributed by atoms with van der Waals surface area (Å²) in [6.45, 7) is 6.53. The second kappa shape index (κ2) is 5.68. The first-order valence-electron chi connectivity index (χ1n) is 7.39. The number of nitrogens with zero attached hydrogens (tertiary/aromatic N) is 3. The first kappa shape index (κ1) is 14.4. The average Bonchev–Trinajstić information content (AvgIpc) is 2.52. The van der Waals surface area contributed by atoms with Crippen LogP contribution in [0, 0.1) is 0 Å². The molecule has 1 aromatic carbocycles. The van der Waals surface area contributed by atoms with Crippen molar-refractivity contribution in [2.45, 2.75) is 26.2 Å². The van der Waals surface area contributed by atoms with Gasteiger partial charge in [0.25, 0.3) is 0 Å². The highest BCUT2D eigenvalue weighted by molar-refractivity contribution is 5.83. The minimum absolute atomic E-state index is 0.0283. The maximum Gasteiger partial charge on any atom is 0.152 e. The van der Waals surface area contributed by atoms with Crippen LogP contribution in [0.3, 0.4) is 0 Å². The van der Waals surface area contributed by atoms with Crippen molar-refractivity contribution in [1.82, 2.24) is 15.0 Å². The van der Waals surface area contributed by atoms with E-state index in [9.17, 15) is 0 Å². The van der Waals surface area contributed by atoms with Gasteiger partial charge >= 0.3 is 0 Å². The molecular weight excluding hydrogens is 270 g/mol. The second-order valence-electron chi connectivity index (χ2n) is 6.32. The molecule has 0 aliphatic rings. The molecule has 2 heterocycles. The summed E-state index contributed by atoms with van der Waals surface area (Å²) in [5.41, 5.74) is 3.06. The van der Waals surface area contributed by atoms with Gasteiger partial charge in [0.15, 0.2) is 5.82 Å². The smallest absolute Gasteiger partial charge is 0.152 e. The van der Waals surface area contributed by atoms with Crippen molar-refractivity contribution in [3.8, 4) is 0 Å². The number of hydrogen-bond acceptors (Lipinski definition) is 3. The number of rotatable bonds is 2. The molecule has 0 bridgehead atoms. The van der Waals surface area contributed by atoms with Gasteiger partial charge in [0, 0.05) is 23.2 Å². The van der Waals surface area contributed by atoms with E-state index in [1.807, 2.05) is 48.7 Å². The van der Waals surface area contributed by atoms with Crippen molar-refractivity contribution in [2.24, 2.45) is 0 Å². The Hall–Kier alpha value is -2.55. The average molecular weight is 289 g/mol. The summed E-state index contributed by atoms with van der Waals surface area (Å²) >= 11 is 0. The van der Waals surface area contributed by atoms with Crippen LogP contribution in [0.25, 0.3) is 23.1 Å². The van der Waals surface area contributed by atoms with E-state index in [1.165, 1.54) is 0 Å². The van der Waals surface area contributed by atoms with E-state index in [4.69, 9.17) is 4.98 Å². The Bertz CT molecular complexity index is 815. The monoisotopic (exact) mass is 289 g/mol. The Morgan fingerprint density at radius 1 is 0.909 bits per heavy atom. The summed E-state index contributed by atoms with van der Waals surface area (Å²) in [6.07, 6.45) is 7.52. The van der Waals surface area contributed by atoms with Crippen LogP contribution in [-0.2, 0) is 5.41 Å². The molecule has 22 heavy (non-hydrogen) atoms. The van der Waals surface area contributed by atoms with Crippen LogP contribution in [0.15, 0.2) is 48.8 Å². The van der Waals surface area contributed by atoms with Gasteiger partial charge in [0.05, 0.1) is 11.2 Å². The molecule has 0 unspecified atom stereocenters. The lowest BCUT2D eigenvalue weighted by atomic mass is 9.89. The molecular formula is C19H19N3. The normalized spacial score (nSPS) is 12.1. The van der Waals surface area contributed by atoms with Gasteiger partial charge in [-0.25, -0.2) is 9.97 Å². The lowest BCUT2D eigenvalue weighted by Crippen LogP contribution is -2.15. The van der Waals surface area contributed by atoms with E-state index in [2.05, 4.69) is 36.8 Å². The summed E-state index contributed by atoms with van der Waals surface area (Å²) in [5.74, 6) is 0.729. The van der Waals surface area contributed by atoms with Crippen molar-refractivity contribution < 1.29 is 0 Å². The molecule has 0 aliphatic carbocycles. The van der Waals surface area contributed by atoms with Crippen molar-refractivity contribution in [3.05, 3.63) is 65.9 Å². The number of pyridine rings is 1. The molecule has 3 aromatic rings. The third-order valence-corrected chi connectivity index (χ3v) is 3.44. The number of benzene rings is 1. The van der Waals surface area contributed by atoms with Gasteiger partial charge in [-0.2, -0.15) is 0 Å². The summed E-state index contributed by atoms with van der Waals surface area (Å²) in [4.78, 5) is 13.5. The maximum atomic E-state index is 4.77. The number of fused-ring (bicyclic) bond motifs is 1. The van der Waals surface area contributed by atoms with Crippen LogP contribution in [0.2, 0.25) is 0 Å². The van der Waals surface area contributed by atoms with E-state index in [-0.39, 0.29) is 5.41 Å². The highest BCUT2D eigenvalue weighted by Gasteiger charge is 2.19. The molecule has 0 N–H and O–H groups in total. The fraction of sp³-hybridized carbons (Fsp3) is 0.211. The standard InChI is InChI=1S/C19H19N3/c1-19(2,3)18-15-8-4-5-9-16(15)21-17(22-18)11-10-14-7-6-12-20-13-14/h4-13H,1-3H3/b11-10+. The molecule has 0 saturated heterocycles. The largest absolute Gasteiger partial charge is 0.264 e. The third kappa shape index (κ3) is 3.03. The topological polar surface area (TPSA) is 38.7 Å². The highest BCUT2D eigenvalue weighted by atomic mass is 14.9. The van der Waals surface area contributed by atoms with E-state index in [0.29, 0.717) is 0 Å². The van der Waals surface area contributed by atoms with Crippen LogP contribution in [0.4, 0.5) is 0 Å². The molecule has 110 valence electrons. The Balaban J connectivity index is 2.09. The summed E-state index contributed by atoms with van der Waals surface area (Å²) in [7, 11) is 0. The predicted octanol–water partition coefficient (Wildman–Crippen LogP) is 4.49. The zero-order valence-electron chi connectivity index (χ0n) is 13.1. The molecule has 3 heteroatoms. The van der Waals surface area contributed by atoms with Crippen molar-refractivity contribution in [3.63, 3.8) is 0 Å². The van der Waals surface area contributed by atoms with Gasteiger partial charge in [-0.05, 0) is 29.8 Å². The van der Waals surface area contributed by atoms with E-state index >= 15 is 0 Å². The predicted molar refractivity (Wildman–Crippen MR) is 91.4 cm³/mol. The van der Waals surface area contributed by atoms with Crippen molar-refractivity contribution >= 4 is 23.1 Å². The van der Waals surface area contributed by atoms with Crippen LogP contribution < -0.4 is 0 Å². The maximum absolute atomic E-state index is 4.77. The first-order chi connectivity index (χ1) is 10.5. The Morgan fingerprint density at radius 2 is 1.73 bits per heavy atom.